The Kier molecular flexibility index (Phi) is 8.08. The van der Waals surface area contributed by atoms with Gasteiger partial charge in [-0.15, -0.1) is 0 Å². The van der Waals surface area contributed by atoms with Gasteiger partial charge in [0.1, 0.15) is 18.3 Å². The minimum Gasteiger partial charge on any atom is -0.465 e. The summed E-state index contributed by atoms with van der Waals surface area (Å²) in [6, 6.07) is 8.03. The maximum Gasteiger partial charge on any atom is 0.366 e. The largest absolute Gasteiger partial charge is 0.465 e. The van der Waals surface area contributed by atoms with E-state index in [4.69, 9.17) is 14.6 Å². The monoisotopic (exact) mass is 413 g/mol. The van der Waals surface area contributed by atoms with Gasteiger partial charge in [-0.1, -0.05) is 30.3 Å². The van der Waals surface area contributed by atoms with Crippen LogP contribution in [0.25, 0.3) is 0 Å². The number of ether oxygens (including phenoxy) is 3. The third-order valence-electron chi connectivity index (χ3n) is 4.66. The number of benzene rings is 1. The molecule has 1 saturated heterocycles. The molecule has 0 unspecified atom stereocenters. The molecule has 0 aromatic heterocycles. The van der Waals surface area contributed by atoms with Crippen LogP contribution in [0.5, 0.6) is 0 Å². The van der Waals surface area contributed by atoms with E-state index in [-0.39, 0.29) is 6.61 Å². The van der Waals surface area contributed by atoms with Crippen molar-refractivity contribution in [3.8, 4) is 0 Å². The SMILES string of the molecule is COC(=O)[C@@]1(O)C[C@H](OCc2ccccc2)[C@@H](NC(C)=O)[C@H]([C@H](O)[C@H](O)CO)O1. The van der Waals surface area contributed by atoms with Gasteiger partial charge in [0.2, 0.25) is 5.91 Å². The average Bonchev–Trinajstić information content (AvgIpc) is 2.72. The van der Waals surface area contributed by atoms with E-state index >= 15 is 0 Å². The Morgan fingerprint density at radius 1 is 1.31 bits per heavy atom. The van der Waals surface area contributed by atoms with Crippen LogP contribution in [-0.4, -0.2) is 82.3 Å². The predicted octanol–water partition coefficient (Wildman–Crippen LogP) is -1.56. The van der Waals surface area contributed by atoms with Gasteiger partial charge in [-0.05, 0) is 5.56 Å². The van der Waals surface area contributed by atoms with E-state index in [0.29, 0.717) is 0 Å². The molecule has 1 aliphatic heterocycles. The van der Waals surface area contributed by atoms with Gasteiger partial charge >= 0.3 is 5.97 Å². The molecule has 1 amide bonds. The lowest BCUT2D eigenvalue weighted by molar-refractivity contribution is -0.300. The number of rotatable bonds is 8. The van der Waals surface area contributed by atoms with Crippen molar-refractivity contribution < 1.29 is 44.2 Å². The molecular formula is C19H27NO9. The Morgan fingerprint density at radius 3 is 2.52 bits per heavy atom. The normalized spacial score (nSPS) is 29.0. The third-order valence-corrected chi connectivity index (χ3v) is 4.66. The molecule has 0 radical (unpaired) electrons. The number of carbonyl (C=O) groups is 2. The number of hydrogen-bond donors (Lipinski definition) is 5. The molecule has 1 aromatic rings. The average molecular weight is 413 g/mol. The quantitative estimate of drug-likeness (QED) is 0.318. The molecule has 0 bridgehead atoms. The van der Waals surface area contributed by atoms with E-state index in [9.17, 15) is 24.9 Å². The van der Waals surface area contributed by atoms with Crippen LogP contribution < -0.4 is 5.32 Å². The molecule has 29 heavy (non-hydrogen) atoms. The molecule has 0 aliphatic carbocycles. The molecule has 1 aromatic carbocycles. The van der Waals surface area contributed by atoms with Crippen molar-refractivity contribution in [2.75, 3.05) is 13.7 Å². The molecule has 5 N–H and O–H groups in total. The van der Waals surface area contributed by atoms with Gasteiger partial charge in [-0.3, -0.25) is 4.79 Å². The van der Waals surface area contributed by atoms with Crippen LogP contribution >= 0.6 is 0 Å². The molecule has 0 spiro atoms. The summed E-state index contributed by atoms with van der Waals surface area (Å²) in [4.78, 5) is 23.8. The van der Waals surface area contributed by atoms with Crippen LogP contribution in [0.4, 0.5) is 0 Å². The molecule has 6 atom stereocenters. The maximum absolute atomic E-state index is 12.1. The Bertz CT molecular complexity index is 686. The zero-order valence-corrected chi connectivity index (χ0v) is 16.2. The Morgan fingerprint density at radius 2 is 1.97 bits per heavy atom. The fourth-order valence-electron chi connectivity index (χ4n) is 3.21. The second-order valence-corrected chi connectivity index (χ2v) is 6.86. The number of nitrogens with one attached hydrogen (secondary N) is 1. The van der Waals surface area contributed by atoms with Crippen molar-refractivity contribution in [1.82, 2.24) is 5.32 Å². The van der Waals surface area contributed by atoms with Gasteiger partial charge < -0.3 is 40.0 Å². The summed E-state index contributed by atoms with van der Waals surface area (Å²) in [5, 5.41) is 42.7. The lowest BCUT2D eigenvalue weighted by atomic mass is 9.88. The van der Waals surface area contributed by atoms with Crippen molar-refractivity contribution in [1.29, 1.82) is 0 Å². The lowest BCUT2D eigenvalue weighted by Crippen LogP contribution is -2.67. The van der Waals surface area contributed by atoms with E-state index in [1.54, 1.807) is 12.1 Å². The van der Waals surface area contributed by atoms with Crippen molar-refractivity contribution in [2.45, 2.75) is 56.2 Å². The first-order valence-electron chi connectivity index (χ1n) is 9.10. The minimum atomic E-state index is -2.48. The number of carbonyl (C=O) groups excluding carboxylic acids is 2. The Hall–Kier alpha value is -2.08. The summed E-state index contributed by atoms with van der Waals surface area (Å²) in [5.41, 5.74) is 0.801. The highest BCUT2D eigenvalue weighted by Gasteiger charge is 2.55. The summed E-state index contributed by atoms with van der Waals surface area (Å²) in [6.45, 7) is 0.519. The molecule has 10 nitrogen and oxygen atoms in total. The fraction of sp³-hybridized carbons (Fsp3) is 0.579. The van der Waals surface area contributed by atoms with Crippen molar-refractivity contribution >= 4 is 11.9 Å². The summed E-state index contributed by atoms with van der Waals surface area (Å²) >= 11 is 0. The van der Waals surface area contributed by atoms with Crippen LogP contribution in [0, 0.1) is 0 Å². The van der Waals surface area contributed by atoms with Crippen LogP contribution in [0.15, 0.2) is 30.3 Å². The van der Waals surface area contributed by atoms with Crippen LogP contribution in [0.1, 0.15) is 18.9 Å². The van der Waals surface area contributed by atoms with Gasteiger partial charge in [-0.25, -0.2) is 4.79 Å². The standard InChI is InChI=1S/C19H27NO9/c1-11(22)20-15-14(28-10-12-6-4-3-5-7-12)8-19(26,18(25)27-2)29-17(15)16(24)13(23)9-21/h3-7,13-17,21,23-24,26H,8-10H2,1-2H3,(H,20,22)/t13-,14+,15-,16-,17-,19-/m1/s1. The molecular weight excluding hydrogens is 386 g/mol. The van der Waals surface area contributed by atoms with Crippen LogP contribution in [0.3, 0.4) is 0 Å². The van der Waals surface area contributed by atoms with E-state index < -0.39 is 61.1 Å². The third kappa shape index (κ3) is 5.72. The van der Waals surface area contributed by atoms with Crippen molar-refractivity contribution in [3.63, 3.8) is 0 Å². The minimum absolute atomic E-state index is 0.0875. The Balaban J connectivity index is 2.34. The topological polar surface area (TPSA) is 155 Å². The second kappa shape index (κ2) is 10.1. The maximum atomic E-state index is 12.1. The summed E-state index contributed by atoms with van der Waals surface area (Å²) in [6.07, 6.45) is -6.24. The lowest BCUT2D eigenvalue weighted by Gasteiger charge is -2.46. The second-order valence-electron chi connectivity index (χ2n) is 6.86. The van der Waals surface area contributed by atoms with E-state index in [2.05, 4.69) is 10.1 Å². The van der Waals surface area contributed by atoms with Gasteiger partial charge in [0.15, 0.2) is 0 Å². The number of amides is 1. The molecule has 1 fully saturated rings. The zero-order valence-electron chi connectivity index (χ0n) is 16.2. The molecule has 10 heteroatoms. The predicted molar refractivity (Wildman–Crippen MR) is 98.2 cm³/mol. The van der Waals surface area contributed by atoms with Gasteiger partial charge in [0.25, 0.3) is 5.79 Å². The first kappa shape index (κ1) is 23.2. The first-order chi connectivity index (χ1) is 13.7. The smallest absolute Gasteiger partial charge is 0.366 e. The summed E-state index contributed by atoms with van der Waals surface area (Å²) in [7, 11) is 1.05. The molecule has 0 saturated carbocycles. The van der Waals surface area contributed by atoms with Gasteiger partial charge in [-0.2, -0.15) is 0 Å². The van der Waals surface area contributed by atoms with Gasteiger partial charge in [0, 0.05) is 13.3 Å². The molecule has 162 valence electrons. The first-order valence-corrected chi connectivity index (χ1v) is 9.10. The Labute approximate surface area is 168 Å². The molecule has 1 aliphatic rings. The fourth-order valence-corrected chi connectivity index (χ4v) is 3.21. The molecule has 2 rings (SSSR count). The van der Waals surface area contributed by atoms with Gasteiger partial charge in [0.05, 0.1) is 32.5 Å². The number of aliphatic hydroxyl groups excluding tert-OH is 3. The number of methoxy groups -OCH3 is 1. The number of esters is 1. The highest BCUT2D eigenvalue weighted by atomic mass is 16.7. The van der Waals surface area contributed by atoms with E-state index in [1.807, 2.05) is 18.2 Å². The number of aliphatic hydroxyl groups is 4. The highest BCUT2D eigenvalue weighted by Crippen LogP contribution is 2.33. The summed E-state index contributed by atoms with van der Waals surface area (Å²) in [5.74, 6) is -4.08. The van der Waals surface area contributed by atoms with Crippen molar-refractivity contribution in [3.05, 3.63) is 35.9 Å². The molecule has 1 heterocycles. The van der Waals surface area contributed by atoms with Crippen LogP contribution in [0.2, 0.25) is 0 Å². The van der Waals surface area contributed by atoms with Crippen LogP contribution in [-0.2, 0) is 30.4 Å². The zero-order chi connectivity index (χ0) is 21.6. The van der Waals surface area contributed by atoms with E-state index in [1.165, 1.54) is 6.92 Å². The van der Waals surface area contributed by atoms with E-state index in [0.717, 1.165) is 12.7 Å². The summed E-state index contributed by atoms with van der Waals surface area (Å²) < 4.78 is 15.8. The highest BCUT2D eigenvalue weighted by molar-refractivity contribution is 5.78. The van der Waals surface area contributed by atoms with Crippen molar-refractivity contribution in [2.24, 2.45) is 0 Å². The number of hydrogen-bond acceptors (Lipinski definition) is 9.